The summed E-state index contributed by atoms with van der Waals surface area (Å²) in [6.07, 6.45) is 0.755. The van der Waals surface area contributed by atoms with Gasteiger partial charge in [-0.15, -0.1) is 0 Å². The Morgan fingerprint density at radius 1 is 1.28 bits per heavy atom. The maximum absolute atomic E-state index is 12.8. The second-order valence-corrected chi connectivity index (χ2v) is 9.71. The van der Waals surface area contributed by atoms with Gasteiger partial charge in [-0.05, 0) is 33.2 Å². The van der Waals surface area contributed by atoms with Crippen molar-refractivity contribution in [2.75, 3.05) is 40.3 Å². The maximum atomic E-state index is 12.8. The van der Waals surface area contributed by atoms with Gasteiger partial charge in [-0.2, -0.15) is 4.31 Å². The molecule has 1 fully saturated rings. The third kappa shape index (κ3) is 5.26. The summed E-state index contributed by atoms with van der Waals surface area (Å²) in [6, 6.07) is 6.84. The summed E-state index contributed by atoms with van der Waals surface area (Å²) < 4.78 is 32.4. The lowest BCUT2D eigenvalue weighted by Crippen LogP contribution is -2.47. The molecule has 0 radical (unpaired) electrons. The van der Waals surface area contributed by atoms with Crippen LogP contribution in [0.5, 0.6) is 0 Å². The van der Waals surface area contributed by atoms with E-state index in [4.69, 9.17) is 9.57 Å². The summed E-state index contributed by atoms with van der Waals surface area (Å²) in [6.45, 7) is 3.74. The molecule has 0 aliphatic carbocycles. The van der Waals surface area contributed by atoms with E-state index >= 15 is 0 Å². The molecule has 0 aromatic heterocycles. The minimum atomic E-state index is -3.53. The fourth-order valence-electron chi connectivity index (χ4n) is 3.33. The second-order valence-electron chi connectivity index (χ2n) is 7.77. The van der Waals surface area contributed by atoms with Crippen molar-refractivity contribution in [2.24, 2.45) is 5.16 Å². The average molecular weight is 425 g/mol. The third-order valence-electron chi connectivity index (χ3n) is 5.15. The van der Waals surface area contributed by atoms with Gasteiger partial charge in [0.1, 0.15) is 5.60 Å². The SMILES string of the molecule is Cc1ccc(S(=O)(=O)N2CCC3(CC2)CC(OC(=O)NCCN(C)C)=NO3)cc1. The van der Waals surface area contributed by atoms with E-state index in [1.54, 1.807) is 24.3 Å². The number of alkyl carbamates (subject to hydrolysis) is 1. The van der Waals surface area contributed by atoms with Crippen LogP contribution in [-0.2, 0) is 19.6 Å². The number of benzene rings is 1. The van der Waals surface area contributed by atoms with Crippen molar-refractivity contribution in [3.05, 3.63) is 29.8 Å². The molecule has 3 rings (SSSR count). The monoisotopic (exact) mass is 424 g/mol. The number of nitrogens with zero attached hydrogens (tertiary/aromatic N) is 3. The Morgan fingerprint density at radius 3 is 2.55 bits per heavy atom. The van der Waals surface area contributed by atoms with E-state index in [9.17, 15) is 13.2 Å². The predicted molar refractivity (Wildman–Crippen MR) is 108 cm³/mol. The zero-order valence-corrected chi connectivity index (χ0v) is 17.9. The van der Waals surface area contributed by atoms with Crippen molar-refractivity contribution in [3.63, 3.8) is 0 Å². The van der Waals surface area contributed by atoms with E-state index in [1.807, 2.05) is 25.9 Å². The first-order chi connectivity index (χ1) is 13.7. The number of piperidine rings is 1. The Balaban J connectivity index is 1.51. The van der Waals surface area contributed by atoms with Gasteiger partial charge in [-0.1, -0.05) is 22.9 Å². The standard InChI is InChI=1S/C19H28N4O5S/c1-15-4-6-16(7-5-15)29(25,26)23-11-8-19(9-12-23)14-17(21-28-19)27-18(24)20-10-13-22(2)3/h4-7H,8-14H2,1-3H3,(H,20,24). The molecule has 0 bridgehead atoms. The number of amides is 1. The number of ether oxygens (including phenoxy) is 1. The molecule has 0 atom stereocenters. The number of hydrogen-bond acceptors (Lipinski definition) is 7. The van der Waals surface area contributed by atoms with Gasteiger partial charge in [0.15, 0.2) is 0 Å². The van der Waals surface area contributed by atoms with Crippen molar-refractivity contribution >= 4 is 22.0 Å². The van der Waals surface area contributed by atoms with Gasteiger partial charge >= 0.3 is 6.09 Å². The van der Waals surface area contributed by atoms with Crippen molar-refractivity contribution in [1.29, 1.82) is 0 Å². The molecule has 10 heteroatoms. The summed E-state index contributed by atoms with van der Waals surface area (Å²) >= 11 is 0. The molecule has 0 unspecified atom stereocenters. The quantitative estimate of drug-likeness (QED) is 0.770. The molecule has 0 saturated carbocycles. The fraction of sp³-hybridized carbons (Fsp3) is 0.579. The summed E-state index contributed by atoms with van der Waals surface area (Å²) in [4.78, 5) is 19.7. The lowest BCUT2D eigenvalue weighted by atomic mass is 9.89. The van der Waals surface area contributed by atoms with Crippen LogP contribution in [-0.4, -0.2) is 75.5 Å². The Bertz CT molecular complexity index is 859. The number of likely N-dealkylation sites (N-methyl/N-ethyl adjacent to an activating group) is 1. The molecule has 1 aromatic carbocycles. The van der Waals surface area contributed by atoms with E-state index in [2.05, 4.69) is 10.5 Å². The van der Waals surface area contributed by atoms with Gasteiger partial charge in [0.25, 0.3) is 0 Å². The number of nitrogens with one attached hydrogen (secondary N) is 1. The van der Waals surface area contributed by atoms with Crippen LogP contribution in [0, 0.1) is 6.92 Å². The lowest BCUT2D eigenvalue weighted by Gasteiger charge is -2.36. The number of sulfonamides is 1. The van der Waals surface area contributed by atoms with E-state index < -0.39 is 21.7 Å². The molecule has 160 valence electrons. The van der Waals surface area contributed by atoms with Crippen molar-refractivity contribution in [3.8, 4) is 0 Å². The molecule has 1 spiro atoms. The van der Waals surface area contributed by atoms with Gasteiger partial charge in [0.2, 0.25) is 15.9 Å². The third-order valence-corrected chi connectivity index (χ3v) is 7.06. The van der Waals surface area contributed by atoms with Crippen LogP contribution >= 0.6 is 0 Å². The van der Waals surface area contributed by atoms with Gasteiger partial charge < -0.3 is 19.8 Å². The summed E-state index contributed by atoms with van der Waals surface area (Å²) in [5, 5.41) is 6.56. The Hall–Kier alpha value is -2.17. The van der Waals surface area contributed by atoms with Crippen LogP contribution in [0.3, 0.4) is 0 Å². The number of aryl methyl sites for hydroxylation is 1. The highest BCUT2D eigenvalue weighted by atomic mass is 32.2. The Morgan fingerprint density at radius 2 is 1.93 bits per heavy atom. The van der Waals surface area contributed by atoms with Gasteiger partial charge in [-0.25, -0.2) is 13.2 Å². The van der Waals surface area contributed by atoms with Gasteiger partial charge in [0.05, 0.1) is 11.3 Å². The smallest absolute Gasteiger partial charge is 0.392 e. The number of oxime groups is 1. The number of carbonyl (C=O) groups excluding carboxylic acids is 1. The lowest BCUT2D eigenvalue weighted by molar-refractivity contribution is -0.0506. The van der Waals surface area contributed by atoms with Crippen LogP contribution in [0.2, 0.25) is 0 Å². The average Bonchev–Trinajstić information content (AvgIpc) is 3.04. The minimum absolute atomic E-state index is 0.224. The zero-order chi connectivity index (χ0) is 21.1. The Labute approximate surface area is 171 Å². The highest BCUT2D eigenvalue weighted by Gasteiger charge is 2.45. The van der Waals surface area contributed by atoms with Gasteiger partial charge in [-0.3, -0.25) is 0 Å². The molecule has 29 heavy (non-hydrogen) atoms. The van der Waals surface area contributed by atoms with E-state index in [0.29, 0.717) is 50.3 Å². The second kappa shape index (κ2) is 8.68. The zero-order valence-electron chi connectivity index (χ0n) is 17.1. The molecule has 1 saturated heterocycles. The van der Waals surface area contributed by atoms with E-state index in [0.717, 1.165) is 5.56 Å². The van der Waals surface area contributed by atoms with Crippen LogP contribution in [0.25, 0.3) is 0 Å². The van der Waals surface area contributed by atoms with Gasteiger partial charge in [0, 0.05) is 39.0 Å². The molecule has 2 heterocycles. The topological polar surface area (TPSA) is 101 Å². The molecule has 2 aliphatic heterocycles. The molecular formula is C19H28N4O5S. The molecule has 9 nitrogen and oxygen atoms in total. The molecule has 2 aliphatic rings. The fourth-order valence-corrected chi connectivity index (χ4v) is 4.77. The number of carbonyl (C=O) groups is 1. The van der Waals surface area contributed by atoms with Crippen LogP contribution in [0.1, 0.15) is 24.8 Å². The molecule has 1 amide bonds. The highest BCUT2D eigenvalue weighted by molar-refractivity contribution is 7.89. The summed E-state index contributed by atoms with van der Waals surface area (Å²) in [7, 11) is 0.294. The van der Waals surface area contributed by atoms with Crippen LogP contribution < -0.4 is 5.32 Å². The first-order valence-electron chi connectivity index (χ1n) is 9.62. The minimum Gasteiger partial charge on any atom is -0.392 e. The largest absolute Gasteiger partial charge is 0.413 e. The Kier molecular flexibility index (Phi) is 6.45. The predicted octanol–water partition coefficient (Wildman–Crippen LogP) is 1.54. The summed E-state index contributed by atoms with van der Waals surface area (Å²) in [5.41, 5.74) is 0.398. The first-order valence-corrected chi connectivity index (χ1v) is 11.1. The summed E-state index contributed by atoms with van der Waals surface area (Å²) in [5.74, 6) is 0.224. The van der Waals surface area contributed by atoms with Crippen molar-refractivity contribution in [1.82, 2.24) is 14.5 Å². The number of rotatable bonds is 5. The first kappa shape index (κ1) is 21.5. The van der Waals surface area contributed by atoms with E-state index in [1.165, 1.54) is 4.31 Å². The van der Waals surface area contributed by atoms with E-state index in [-0.39, 0.29) is 5.90 Å². The molecular weight excluding hydrogens is 396 g/mol. The highest BCUT2D eigenvalue weighted by Crippen LogP contribution is 2.36. The van der Waals surface area contributed by atoms with Crippen LogP contribution in [0.4, 0.5) is 4.79 Å². The number of hydrogen-bond donors (Lipinski definition) is 1. The van der Waals surface area contributed by atoms with Crippen molar-refractivity contribution in [2.45, 2.75) is 36.7 Å². The normalized spacial score (nSPS) is 19.1. The molecule has 1 aromatic rings. The molecule has 1 N–H and O–H groups in total. The van der Waals surface area contributed by atoms with Crippen LogP contribution in [0.15, 0.2) is 34.3 Å². The van der Waals surface area contributed by atoms with Crippen molar-refractivity contribution < 1.29 is 22.8 Å². The maximum Gasteiger partial charge on any atom is 0.413 e.